The first-order chi connectivity index (χ1) is 51.0. The van der Waals surface area contributed by atoms with Crippen molar-refractivity contribution in [3.63, 3.8) is 0 Å². The number of benzene rings is 2. The summed E-state index contributed by atoms with van der Waals surface area (Å²) in [6.07, 6.45) is -61.0. The Labute approximate surface area is 598 Å². The van der Waals surface area contributed by atoms with Gasteiger partial charge >= 0.3 is 168 Å². The predicted molar refractivity (Wildman–Crippen MR) is 260 cm³/mol. The summed E-state index contributed by atoms with van der Waals surface area (Å²) in [6.45, 7) is -11.7. The molecular formula is C50H22F54N8O4. The van der Waals surface area contributed by atoms with E-state index in [0.29, 0.717) is 0 Å². The minimum absolute atomic E-state index is 0.945. The molecule has 0 unspecified atom stereocenters. The van der Waals surface area contributed by atoms with Gasteiger partial charge in [0.1, 0.15) is 0 Å². The van der Waals surface area contributed by atoms with Crippen molar-refractivity contribution in [1.29, 1.82) is 0 Å². The summed E-state index contributed by atoms with van der Waals surface area (Å²) in [4.78, 5) is 14.2. The molecule has 0 bridgehead atoms. The number of rotatable bonds is 32. The SMILES string of the molecule is FC(F)(F)C(F)(F)C(F)(F)C(F)(F)CCOc1nc(OCCC(F)(F)C(F)(F)C(F)(F)C(F)(F)F)nc(N2c3ccc(C(F)(F)C(F)(F)C(F)(F)C(F)(F)F)cc3N(c3nc(OCCC(F)(F)C(F)(F)C(F)(F)C(F)(F)F)nc(OCCC(F)(F)C(F)(F)C(F)(F)C(F)(F)F)n3)c3ccc(C(F)(F)C(F)(F)C(F)(F)C(F)(F)F)cc32)n1. The molecule has 66 heteroatoms. The van der Waals surface area contributed by atoms with Crippen molar-refractivity contribution in [3.05, 3.63) is 47.5 Å². The molecule has 0 N–H and O–H groups in total. The number of nitrogens with zero attached hydrogens (tertiary/aromatic N) is 8. The highest BCUT2D eigenvalue weighted by atomic mass is 19.5. The number of fused-ring (bicyclic) bond motifs is 2. The van der Waals surface area contributed by atoms with Crippen LogP contribution in [0.5, 0.6) is 24.0 Å². The average molecular weight is 1820 g/mol. The fourth-order valence-corrected chi connectivity index (χ4v) is 8.43. The minimum Gasteiger partial charge on any atom is -0.463 e. The molecule has 12 nitrogen and oxygen atoms in total. The van der Waals surface area contributed by atoms with Crippen molar-refractivity contribution in [2.24, 2.45) is 0 Å². The van der Waals surface area contributed by atoms with Gasteiger partial charge in [0.05, 0.1) is 74.9 Å². The zero-order chi connectivity index (χ0) is 91.1. The number of aromatic nitrogens is 6. The van der Waals surface area contributed by atoms with Gasteiger partial charge in [-0.15, -0.1) is 9.97 Å². The topological polar surface area (TPSA) is 121 Å². The van der Waals surface area contributed by atoms with Crippen molar-refractivity contribution >= 4 is 34.6 Å². The zero-order valence-electron chi connectivity index (χ0n) is 52.7. The van der Waals surface area contributed by atoms with Crippen molar-refractivity contribution in [2.45, 2.75) is 169 Å². The van der Waals surface area contributed by atoms with Gasteiger partial charge in [-0.3, -0.25) is 9.80 Å². The molecule has 4 aromatic rings. The van der Waals surface area contributed by atoms with Crippen LogP contribution < -0.4 is 28.7 Å². The van der Waals surface area contributed by atoms with Crippen LogP contribution in [0, 0.1) is 0 Å². The third-order valence-corrected chi connectivity index (χ3v) is 14.9. The molecule has 2 aromatic carbocycles. The largest absolute Gasteiger partial charge is 0.463 e. The van der Waals surface area contributed by atoms with Gasteiger partial charge in [-0.25, -0.2) is 0 Å². The van der Waals surface area contributed by atoms with Crippen LogP contribution in [-0.2, 0) is 11.8 Å². The van der Waals surface area contributed by atoms with E-state index in [1.54, 1.807) is 0 Å². The Kier molecular flexibility index (Phi) is 24.7. The summed E-state index contributed by atoms with van der Waals surface area (Å²) < 4.78 is 780. The highest BCUT2D eigenvalue weighted by Gasteiger charge is 2.87. The molecule has 0 saturated carbocycles. The molecule has 0 amide bonds. The average Bonchev–Trinajstić information content (AvgIpc) is 0.708. The van der Waals surface area contributed by atoms with Crippen LogP contribution >= 0.6 is 0 Å². The molecule has 116 heavy (non-hydrogen) atoms. The summed E-state index contributed by atoms with van der Waals surface area (Å²) in [6, 6.07) is -17.7. The van der Waals surface area contributed by atoms with Crippen molar-refractivity contribution in [2.75, 3.05) is 36.2 Å². The minimum atomic E-state index is -8.25. The van der Waals surface area contributed by atoms with Crippen molar-refractivity contribution < 1.29 is 256 Å². The molecule has 0 atom stereocenters. The lowest BCUT2D eigenvalue weighted by Crippen LogP contribution is -2.61. The Bertz CT molecular complexity index is 3750. The molecule has 5 rings (SSSR count). The first kappa shape index (κ1) is 98.1. The van der Waals surface area contributed by atoms with Gasteiger partial charge in [0.15, 0.2) is 0 Å². The lowest BCUT2D eigenvalue weighted by atomic mass is 9.93. The van der Waals surface area contributed by atoms with Crippen molar-refractivity contribution in [1.82, 2.24) is 29.9 Å². The maximum atomic E-state index is 16.2. The van der Waals surface area contributed by atoms with E-state index in [-0.39, 0.29) is 0 Å². The Morgan fingerprint density at radius 1 is 0.207 bits per heavy atom. The summed E-state index contributed by atoms with van der Waals surface area (Å²) in [5.74, 6) is -145. The number of hydrogen-bond donors (Lipinski definition) is 0. The fourth-order valence-electron chi connectivity index (χ4n) is 8.43. The highest BCUT2D eigenvalue weighted by Crippen LogP contribution is 2.65. The molecule has 664 valence electrons. The van der Waals surface area contributed by atoms with Crippen LogP contribution in [0.25, 0.3) is 0 Å². The van der Waals surface area contributed by atoms with Gasteiger partial charge in [0.25, 0.3) is 0 Å². The molecule has 1 aliphatic heterocycles. The van der Waals surface area contributed by atoms with E-state index in [9.17, 15) is 202 Å². The highest BCUT2D eigenvalue weighted by molar-refractivity contribution is 6.00. The lowest BCUT2D eigenvalue weighted by Gasteiger charge is -2.40. The van der Waals surface area contributed by atoms with Gasteiger partial charge in [-0.05, 0) is 24.3 Å². The van der Waals surface area contributed by atoms with Crippen LogP contribution in [0.3, 0.4) is 0 Å². The van der Waals surface area contributed by atoms with Crippen LogP contribution in [0.15, 0.2) is 36.4 Å². The first-order valence-electron chi connectivity index (χ1n) is 28.1. The third-order valence-electron chi connectivity index (χ3n) is 14.9. The number of halogens is 54. The molecule has 0 saturated heterocycles. The second-order valence-corrected chi connectivity index (χ2v) is 22.7. The van der Waals surface area contributed by atoms with E-state index in [4.69, 9.17) is 0 Å². The Hall–Kier alpha value is -8.52. The quantitative estimate of drug-likeness (QED) is 0.0381. The van der Waals surface area contributed by atoms with E-state index in [0.717, 1.165) is 0 Å². The van der Waals surface area contributed by atoms with E-state index in [1.807, 2.05) is 0 Å². The second kappa shape index (κ2) is 29.2. The molecule has 0 radical (unpaired) electrons. The van der Waals surface area contributed by atoms with E-state index in [2.05, 4.69) is 48.9 Å². The lowest BCUT2D eigenvalue weighted by molar-refractivity contribution is -0.399. The molecular weight excluding hydrogens is 1800 g/mol. The Balaban J connectivity index is 2.07. The fraction of sp³-hybridized carbons (Fsp3) is 0.640. The van der Waals surface area contributed by atoms with Gasteiger partial charge in [0, 0.05) is 11.1 Å². The second-order valence-electron chi connectivity index (χ2n) is 22.7. The molecule has 0 aliphatic carbocycles. The molecule has 3 heterocycles. The first-order valence-corrected chi connectivity index (χ1v) is 28.1. The van der Waals surface area contributed by atoms with Crippen LogP contribution in [0.4, 0.5) is 272 Å². The van der Waals surface area contributed by atoms with E-state index in [1.165, 1.54) is 0 Å². The maximum Gasteiger partial charge on any atom is 0.460 e. The number of ether oxygens (including phenoxy) is 4. The molecule has 0 spiro atoms. The Morgan fingerprint density at radius 2 is 0.379 bits per heavy atom. The predicted octanol–water partition coefficient (Wildman–Crippen LogP) is 22.1. The normalized spacial score (nSPS) is 15.7. The van der Waals surface area contributed by atoms with Crippen LogP contribution in [-0.4, -0.2) is 188 Å². The zero-order valence-corrected chi connectivity index (χ0v) is 52.7. The summed E-state index contributed by atoms with van der Waals surface area (Å²) in [5.41, 5.74) is -17.0. The molecule has 0 fully saturated rings. The number of alkyl halides is 54. The van der Waals surface area contributed by atoms with Crippen LogP contribution in [0.2, 0.25) is 0 Å². The molecule has 2 aromatic heterocycles. The smallest absolute Gasteiger partial charge is 0.460 e. The third kappa shape index (κ3) is 16.1. The van der Waals surface area contributed by atoms with Gasteiger partial charge < -0.3 is 18.9 Å². The maximum absolute atomic E-state index is 16.2. The summed E-state index contributed by atoms with van der Waals surface area (Å²) in [5, 5.41) is 0. The Morgan fingerprint density at radius 3 is 0.552 bits per heavy atom. The summed E-state index contributed by atoms with van der Waals surface area (Å²) >= 11 is 0. The van der Waals surface area contributed by atoms with Crippen LogP contribution in [0.1, 0.15) is 36.8 Å². The monoisotopic (exact) mass is 1820 g/mol. The number of hydrogen-bond acceptors (Lipinski definition) is 12. The van der Waals surface area contributed by atoms with Gasteiger partial charge in [0.2, 0.25) is 11.9 Å². The molecule has 1 aliphatic rings. The summed E-state index contributed by atoms with van der Waals surface area (Å²) in [7, 11) is 0. The number of anilines is 6. The van der Waals surface area contributed by atoms with Crippen molar-refractivity contribution in [3.8, 4) is 24.0 Å². The van der Waals surface area contributed by atoms with Gasteiger partial charge in [-0.1, -0.05) is 12.1 Å². The van der Waals surface area contributed by atoms with Gasteiger partial charge in [-0.2, -0.15) is 257 Å². The van der Waals surface area contributed by atoms with E-state index >= 15 is 35.1 Å². The standard InChI is InChI=1S/C50H22F54N8O4/c51-27(52,33(63,64)39(75,76)45(87,88)89)5-9-113-23-105-21(106-24(109-23)114-10-6-28(53,54)34(65,66)40(77,78)46(90,91)92)111-17-3-1-15(31(59,60)37(71,72)43(83,84)49(99,100)101)13-19(17)112(18-4-2-16(14-20(18)111)32(61,62)38(73,74)44(85,86)50(102,103)104)22-107-25(115-11-7-29(55,56)35(67,68)41(79,80)47(93,94)95)110-26(108-22)116-12-8-30(57,58)36(69,70)42(81,82)48(96,97)98/h1-4,13-14H,5-12H2. The van der Waals surface area contributed by atoms with E-state index < -0.39 is 312 Å².